The molecule has 3 rings (SSSR count). The first-order chi connectivity index (χ1) is 11.3. The molecule has 0 fully saturated rings. The van der Waals surface area contributed by atoms with Crippen LogP contribution >= 0.6 is 0 Å². The van der Waals surface area contributed by atoms with Crippen molar-refractivity contribution in [1.29, 1.82) is 0 Å². The zero-order valence-corrected chi connectivity index (χ0v) is 13.5. The van der Waals surface area contributed by atoms with E-state index in [1.807, 2.05) is 24.3 Å². The van der Waals surface area contributed by atoms with Crippen molar-refractivity contribution >= 4 is 11.4 Å². The predicted octanol–water partition coefficient (Wildman–Crippen LogP) is 5.08. The fourth-order valence-corrected chi connectivity index (χ4v) is 2.72. The molecule has 118 valence electrons. The molecule has 0 aliphatic heterocycles. The van der Waals surface area contributed by atoms with Crippen LogP contribution in [0.25, 0.3) is 0 Å². The molecule has 0 radical (unpaired) electrons. The lowest BCUT2D eigenvalue weighted by Crippen LogP contribution is -2.17. The Morgan fingerprint density at radius 3 is 1.70 bits per heavy atom. The summed E-state index contributed by atoms with van der Waals surface area (Å²) in [4.78, 5) is 2.28. The highest BCUT2D eigenvalue weighted by atomic mass is 16.5. The third kappa shape index (κ3) is 3.39. The molecule has 0 saturated carbocycles. The van der Waals surface area contributed by atoms with E-state index in [4.69, 9.17) is 9.47 Å². The molecule has 0 N–H and O–H groups in total. The quantitative estimate of drug-likeness (QED) is 0.769. The molecule has 1 aliphatic rings. The molecular formula is C20H21NO2. The monoisotopic (exact) mass is 307 g/mol. The summed E-state index contributed by atoms with van der Waals surface area (Å²) < 4.78 is 10.5. The second kappa shape index (κ2) is 7.05. The SMILES string of the molecule is COc1ccc(N(C2=CC=CCC2)c2ccc(OC)cc2)cc1. The third-order valence-corrected chi connectivity index (χ3v) is 3.94. The Morgan fingerprint density at radius 2 is 1.30 bits per heavy atom. The molecule has 0 spiro atoms. The van der Waals surface area contributed by atoms with Gasteiger partial charge >= 0.3 is 0 Å². The van der Waals surface area contributed by atoms with Crippen LogP contribution < -0.4 is 14.4 Å². The molecule has 23 heavy (non-hydrogen) atoms. The van der Waals surface area contributed by atoms with Gasteiger partial charge in [0.2, 0.25) is 0 Å². The fraction of sp³-hybridized carbons (Fsp3) is 0.200. The van der Waals surface area contributed by atoms with Crippen molar-refractivity contribution in [3.05, 3.63) is 72.5 Å². The van der Waals surface area contributed by atoms with Crippen LogP contribution in [0.4, 0.5) is 11.4 Å². The van der Waals surface area contributed by atoms with Crippen molar-refractivity contribution < 1.29 is 9.47 Å². The summed E-state index contributed by atoms with van der Waals surface area (Å²) in [6, 6.07) is 16.3. The molecule has 3 heteroatoms. The van der Waals surface area contributed by atoms with Crippen LogP contribution in [0.15, 0.2) is 72.5 Å². The highest BCUT2D eigenvalue weighted by Crippen LogP contribution is 2.34. The average Bonchev–Trinajstić information content (AvgIpc) is 2.64. The van der Waals surface area contributed by atoms with E-state index in [1.165, 1.54) is 5.70 Å². The second-order valence-corrected chi connectivity index (χ2v) is 5.36. The highest BCUT2D eigenvalue weighted by Gasteiger charge is 2.15. The molecule has 0 bridgehead atoms. The van der Waals surface area contributed by atoms with E-state index < -0.39 is 0 Å². The smallest absolute Gasteiger partial charge is 0.119 e. The summed E-state index contributed by atoms with van der Waals surface area (Å²) in [5, 5.41) is 0. The van der Waals surface area contributed by atoms with E-state index in [2.05, 4.69) is 47.4 Å². The van der Waals surface area contributed by atoms with Crippen molar-refractivity contribution in [1.82, 2.24) is 0 Å². The van der Waals surface area contributed by atoms with Crippen molar-refractivity contribution in [2.75, 3.05) is 19.1 Å². The molecule has 0 aromatic heterocycles. The maximum Gasteiger partial charge on any atom is 0.119 e. The van der Waals surface area contributed by atoms with Gasteiger partial charge in [-0.3, -0.25) is 0 Å². The van der Waals surface area contributed by atoms with Crippen LogP contribution in [-0.2, 0) is 0 Å². The van der Waals surface area contributed by atoms with Gasteiger partial charge < -0.3 is 14.4 Å². The number of hydrogen-bond donors (Lipinski definition) is 0. The lowest BCUT2D eigenvalue weighted by atomic mass is 10.1. The number of rotatable bonds is 5. The molecule has 2 aromatic rings. The van der Waals surface area contributed by atoms with Crippen molar-refractivity contribution in [2.45, 2.75) is 12.8 Å². The zero-order chi connectivity index (χ0) is 16.1. The van der Waals surface area contributed by atoms with Gasteiger partial charge in [-0.05, 0) is 67.4 Å². The summed E-state index contributed by atoms with van der Waals surface area (Å²) in [5.74, 6) is 1.72. The van der Waals surface area contributed by atoms with E-state index >= 15 is 0 Å². The molecule has 0 atom stereocenters. The van der Waals surface area contributed by atoms with E-state index in [0.29, 0.717) is 0 Å². The van der Waals surface area contributed by atoms with Gasteiger partial charge in [-0.2, -0.15) is 0 Å². The summed E-state index contributed by atoms with van der Waals surface area (Å²) in [7, 11) is 3.37. The molecule has 2 aromatic carbocycles. The normalized spacial score (nSPS) is 13.4. The standard InChI is InChI=1S/C20H21NO2/c1-22-19-12-8-17(9-13-19)21(16-6-4-3-5-7-16)18-10-14-20(23-2)15-11-18/h3-4,6,8-15H,5,7H2,1-2H3. The lowest BCUT2D eigenvalue weighted by Gasteiger charge is -2.29. The topological polar surface area (TPSA) is 21.7 Å². The summed E-state index contributed by atoms with van der Waals surface area (Å²) >= 11 is 0. The fourth-order valence-electron chi connectivity index (χ4n) is 2.72. The molecule has 1 aliphatic carbocycles. The minimum Gasteiger partial charge on any atom is -0.497 e. The van der Waals surface area contributed by atoms with Gasteiger partial charge in [0.25, 0.3) is 0 Å². The Bertz CT molecular complexity index is 652. The van der Waals surface area contributed by atoms with Crippen molar-refractivity contribution in [3.8, 4) is 11.5 Å². The van der Waals surface area contributed by atoms with Gasteiger partial charge in [0.1, 0.15) is 11.5 Å². The Hall–Kier alpha value is -2.68. The number of nitrogens with zero attached hydrogens (tertiary/aromatic N) is 1. The highest BCUT2D eigenvalue weighted by molar-refractivity contribution is 5.69. The van der Waals surface area contributed by atoms with Crippen LogP contribution in [-0.4, -0.2) is 14.2 Å². The third-order valence-electron chi connectivity index (χ3n) is 3.94. The molecule has 0 unspecified atom stereocenters. The minimum absolute atomic E-state index is 0.862. The van der Waals surface area contributed by atoms with Gasteiger partial charge in [-0.25, -0.2) is 0 Å². The maximum absolute atomic E-state index is 5.27. The first-order valence-electron chi connectivity index (χ1n) is 7.76. The predicted molar refractivity (Wildman–Crippen MR) is 94.6 cm³/mol. The molecule has 0 heterocycles. The van der Waals surface area contributed by atoms with E-state index in [0.717, 1.165) is 35.7 Å². The lowest BCUT2D eigenvalue weighted by molar-refractivity contribution is 0.415. The van der Waals surface area contributed by atoms with Gasteiger partial charge in [0, 0.05) is 17.1 Å². The number of allylic oxidation sites excluding steroid dienone is 4. The zero-order valence-electron chi connectivity index (χ0n) is 13.5. The van der Waals surface area contributed by atoms with Gasteiger partial charge in [0.15, 0.2) is 0 Å². The molecular weight excluding hydrogens is 286 g/mol. The van der Waals surface area contributed by atoms with Crippen LogP contribution in [0.1, 0.15) is 12.8 Å². The van der Waals surface area contributed by atoms with Crippen LogP contribution in [0.3, 0.4) is 0 Å². The van der Waals surface area contributed by atoms with Crippen LogP contribution in [0.5, 0.6) is 11.5 Å². The largest absolute Gasteiger partial charge is 0.497 e. The summed E-state index contributed by atoms with van der Waals surface area (Å²) in [5.41, 5.74) is 3.53. The molecule has 0 saturated heterocycles. The van der Waals surface area contributed by atoms with E-state index in [1.54, 1.807) is 14.2 Å². The average molecular weight is 307 g/mol. The second-order valence-electron chi connectivity index (χ2n) is 5.36. The number of ether oxygens (including phenoxy) is 2. The minimum atomic E-state index is 0.862. The van der Waals surface area contributed by atoms with Crippen molar-refractivity contribution in [2.24, 2.45) is 0 Å². The summed E-state index contributed by atoms with van der Waals surface area (Å²) in [6.45, 7) is 0. The Labute approximate surface area is 137 Å². The number of anilines is 2. The number of hydrogen-bond acceptors (Lipinski definition) is 3. The molecule has 3 nitrogen and oxygen atoms in total. The Balaban J connectivity index is 2.01. The first kappa shape index (κ1) is 15.2. The van der Waals surface area contributed by atoms with Gasteiger partial charge in [-0.15, -0.1) is 0 Å². The first-order valence-corrected chi connectivity index (χ1v) is 7.76. The Kier molecular flexibility index (Phi) is 4.67. The number of methoxy groups -OCH3 is 2. The van der Waals surface area contributed by atoms with Gasteiger partial charge in [0.05, 0.1) is 14.2 Å². The van der Waals surface area contributed by atoms with E-state index in [9.17, 15) is 0 Å². The maximum atomic E-state index is 5.27. The van der Waals surface area contributed by atoms with Crippen LogP contribution in [0, 0.1) is 0 Å². The van der Waals surface area contributed by atoms with Crippen molar-refractivity contribution in [3.63, 3.8) is 0 Å². The van der Waals surface area contributed by atoms with E-state index in [-0.39, 0.29) is 0 Å². The van der Waals surface area contributed by atoms with Crippen LogP contribution in [0.2, 0.25) is 0 Å². The number of benzene rings is 2. The molecule has 0 amide bonds. The van der Waals surface area contributed by atoms with Gasteiger partial charge in [-0.1, -0.05) is 12.2 Å². The Morgan fingerprint density at radius 1 is 0.783 bits per heavy atom. The summed E-state index contributed by atoms with van der Waals surface area (Å²) in [6.07, 6.45) is 8.59.